The van der Waals surface area contributed by atoms with Crippen LogP contribution in [0, 0.1) is 23.7 Å². The van der Waals surface area contributed by atoms with Crippen molar-refractivity contribution in [2.75, 3.05) is 0 Å². The topological polar surface area (TPSA) is 0 Å². The first kappa shape index (κ1) is 12.8. The van der Waals surface area contributed by atoms with Gasteiger partial charge in [-0.05, 0) is 49.4 Å². The highest BCUT2D eigenvalue weighted by Crippen LogP contribution is 2.28. The van der Waals surface area contributed by atoms with Crippen LogP contribution in [0.2, 0.25) is 0 Å². The third-order valence-electron chi connectivity index (χ3n) is 3.57. The molecule has 1 aliphatic rings. The Balaban J connectivity index is 2.42. The third kappa shape index (κ3) is 5.39. The second-order valence-electron chi connectivity index (χ2n) is 6.08. The van der Waals surface area contributed by atoms with E-state index in [9.17, 15) is 0 Å². The summed E-state index contributed by atoms with van der Waals surface area (Å²) in [6, 6.07) is 0. The van der Waals surface area contributed by atoms with Gasteiger partial charge in [0.2, 0.25) is 0 Å². The maximum Gasteiger partial charge on any atom is -0.0231 e. The second kappa shape index (κ2) is 6.35. The smallest absolute Gasteiger partial charge is 0.0231 e. The summed E-state index contributed by atoms with van der Waals surface area (Å²) in [5, 5.41) is 0. The predicted octanol–water partition coefficient (Wildman–Crippen LogP) is 5.05. The molecule has 88 valence electrons. The molecule has 3 atom stereocenters. The van der Waals surface area contributed by atoms with Crippen LogP contribution in [-0.2, 0) is 0 Å². The van der Waals surface area contributed by atoms with Crippen LogP contribution in [0.4, 0.5) is 0 Å². The standard InChI is InChI=1S/C15H28/c1-12(2)8-9-15-7-5-6-13(3)10-14(4)11-15/h5,7,12-15H,6,8-11H2,1-4H3. The minimum absolute atomic E-state index is 0.856. The first-order valence-electron chi connectivity index (χ1n) is 6.74. The lowest BCUT2D eigenvalue weighted by molar-refractivity contribution is 0.330. The summed E-state index contributed by atoms with van der Waals surface area (Å²) in [5.41, 5.74) is 0. The third-order valence-corrected chi connectivity index (χ3v) is 3.57. The summed E-state index contributed by atoms with van der Waals surface area (Å²) >= 11 is 0. The summed E-state index contributed by atoms with van der Waals surface area (Å²) in [6.07, 6.45) is 11.8. The van der Waals surface area contributed by atoms with Crippen molar-refractivity contribution >= 4 is 0 Å². The average molecular weight is 208 g/mol. The molecule has 0 radical (unpaired) electrons. The Labute approximate surface area is 96.2 Å². The van der Waals surface area contributed by atoms with Crippen molar-refractivity contribution in [3.63, 3.8) is 0 Å². The van der Waals surface area contributed by atoms with Crippen LogP contribution in [0.3, 0.4) is 0 Å². The summed E-state index contributed by atoms with van der Waals surface area (Å²) in [4.78, 5) is 0. The molecule has 0 heteroatoms. The molecule has 0 amide bonds. The summed E-state index contributed by atoms with van der Waals surface area (Å²) in [5.74, 6) is 3.53. The number of hydrogen-bond donors (Lipinski definition) is 0. The van der Waals surface area contributed by atoms with Crippen molar-refractivity contribution in [2.45, 2.75) is 59.8 Å². The Kier molecular flexibility index (Phi) is 5.42. The van der Waals surface area contributed by atoms with Crippen LogP contribution >= 0.6 is 0 Å². The minimum Gasteiger partial charge on any atom is -0.0880 e. The molecular weight excluding hydrogens is 180 g/mol. The van der Waals surface area contributed by atoms with E-state index in [0.717, 1.165) is 23.7 Å². The Bertz CT molecular complexity index is 190. The van der Waals surface area contributed by atoms with E-state index in [1.165, 1.54) is 32.1 Å². The normalized spacial score (nSPS) is 32.7. The Morgan fingerprint density at radius 2 is 1.87 bits per heavy atom. The molecule has 3 unspecified atom stereocenters. The highest BCUT2D eigenvalue weighted by Gasteiger charge is 2.16. The first-order valence-corrected chi connectivity index (χ1v) is 6.74. The highest BCUT2D eigenvalue weighted by atomic mass is 14.2. The fraction of sp³-hybridized carbons (Fsp3) is 0.867. The van der Waals surface area contributed by atoms with Crippen LogP contribution in [-0.4, -0.2) is 0 Å². The number of rotatable bonds is 3. The molecule has 1 aliphatic carbocycles. The maximum absolute atomic E-state index is 2.49. The number of hydrogen-bond acceptors (Lipinski definition) is 0. The molecule has 0 aromatic heterocycles. The molecular formula is C15H28. The minimum atomic E-state index is 0.856. The summed E-state index contributed by atoms with van der Waals surface area (Å²) in [7, 11) is 0. The van der Waals surface area contributed by atoms with Crippen LogP contribution in [0.25, 0.3) is 0 Å². The van der Waals surface area contributed by atoms with Crippen LogP contribution in [0.15, 0.2) is 12.2 Å². The molecule has 0 saturated heterocycles. The van der Waals surface area contributed by atoms with E-state index in [2.05, 4.69) is 39.8 Å². The Morgan fingerprint density at radius 1 is 1.13 bits per heavy atom. The first-order chi connectivity index (χ1) is 7.08. The molecule has 0 N–H and O–H groups in total. The largest absolute Gasteiger partial charge is 0.0880 e. The van der Waals surface area contributed by atoms with Gasteiger partial charge >= 0.3 is 0 Å². The average Bonchev–Trinajstić information content (AvgIpc) is 2.10. The molecule has 0 aromatic carbocycles. The maximum atomic E-state index is 2.49. The highest BCUT2D eigenvalue weighted by molar-refractivity contribution is 4.92. The molecule has 0 saturated carbocycles. The van der Waals surface area contributed by atoms with Crippen molar-refractivity contribution < 1.29 is 0 Å². The molecule has 0 aromatic rings. The van der Waals surface area contributed by atoms with E-state index in [1.54, 1.807) is 0 Å². The zero-order valence-corrected chi connectivity index (χ0v) is 11.0. The molecule has 0 heterocycles. The molecule has 0 bridgehead atoms. The van der Waals surface area contributed by atoms with Gasteiger partial charge in [-0.1, -0.05) is 46.3 Å². The van der Waals surface area contributed by atoms with Crippen molar-refractivity contribution in [1.82, 2.24) is 0 Å². The zero-order valence-electron chi connectivity index (χ0n) is 11.0. The van der Waals surface area contributed by atoms with E-state index in [-0.39, 0.29) is 0 Å². The van der Waals surface area contributed by atoms with E-state index >= 15 is 0 Å². The Hall–Kier alpha value is -0.260. The van der Waals surface area contributed by atoms with Gasteiger partial charge in [0, 0.05) is 0 Å². The lowest BCUT2D eigenvalue weighted by Gasteiger charge is -2.24. The van der Waals surface area contributed by atoms with Gasteiger partial charge in [-0.15, -0.1) is 0 Å². The fourth-order valence-electron chi connectivity index (χ4n) is 2.74. The Morgan fingerprint density at radius 3 is 2.53 bits per heavy atom. The van der Waals surface area contributed by atoms with Crippen molar-refractivity contribution in [3.05, 3.63) is 12.2 Å². The van der Waals surface area contributed by atoms with Gasteiger partial charge < -0.3 is 0 Å². The summed E-state index contributed by atoms with van der Waals surface area (Å²) in [6.45, 7) is 9.48. The van der Waals surface area contributed by atoms with Crippen LogP contribution < -0.4 is 0 Å². The summed E-state index contributed by atoms with van der Waals surface area (Å²) < 4.78 is 0. The van der Waals surface area contributed by atoms with Crippen LogP contribution in [0.1, 0.15) is 59.8 Å². The lowest BCUT2D eigenvalue weighted by atomic mass is 9.82. The van der Waals surface area contributed by atoms with Gasteiger partial charge in [0.1, 0.15) is 0 Å². The molecule has 0 fully saturated rings. The van der Waals surface area contributed by atoms with E-state index in [1.807, 2.05) is 0 Å². The fourth-order valence-corrected chi connectivity index (χ4v) is 2.74. The second-order valence-corrected chi connectivity index (χ2v) is 6.08. The molecule has 1 rings (SSSR count). The van der Waals surface area contributed by atoms with Crippen LogP contribution in [0.5, 0.6) is 0 Å². The van der Waals surface area contributed by atoms with Crippen molar-refractivity contribution in [1.29, 1.82) is 0 Å². The van der Waals surface area contributed by atoms with Crippen molar-refractivity contribution in [3.8, 4) is 0 Å². The van der Waals surface area contributed by atoms with E-state index in [0.29, 0.717) is 0 Å². The monoisotopic (exact) mass is 208 g/mol. The van der Waals surface area contributed by atoms with E-state index in [4.69, 9.17) is 0 Å². The van der Waals surface area contributed by atoms with Gasteiger partial charge in [-0.2, -0.15) is 0 Å². The molecule has 0 spiro atoms. The van der Waals surface area contributed by atoms with E-state index < -0.39 is 0 Å². The molecule has 0 aliphatic heterocycles. The van der Waals surface area contributed by atoms with Gasteiger partial charge in [0.15, 0.2) is 0 Å². The quantitative estimate of drug-likeness (QED) is 0.569. The van der Waals surface area contributed by atoms with Crippen molar-refractivity contribution in [2.24, 2.45) is 23.7 Å². The predicted molar refractivity (Wildman–Crippen MR) is 68.9 cm³/mol. The lowest BCUT2D eigenvalue weighted by Crippen LogP contribution is -2.11. The van der Waals surface area contributed by atoms with Gasteiger partial charge in [0.25, 0.3) is 0 Å². The van der Waals surface area contributed by atoms with Gasteiger partial charge in [-0.3, -0.25) is 0 Å². The zero-order chi connectivity index (χ0) is 11.3. The SMILES string of the molecule is CC(C)CCC1C=CCC(C)CC(C)C1. The van der Waals surface area contributed by atoms with Gasteiger partial charge in [0.05, 0.1) is 0 Å². The van der Waals surface area contributed by atoms with Gasteiger partial charge in [-0.25, -0.2) is 0 Å². The molecule has 0 nitrogen and oxygen atoms in total. The number of allylic oxidation sites excluding steroid dienone is 2. The molecule has 15 heavy (non-hydrogen) atoms.